The third kappa shape index (κ3) is 1.52. The van der Waals surface area contributed by atoms with Gasteiger partial charge in [-0.1, -0.05) is 23.2 Å². The highest BCUT2D eigenvalue weighted by Crippen LogP contribution is 2.27. The summed E-state index contributed by atoms with van der Waals surface area (Å²) in [6.45, 7) is 0.655. The lowest BCUT2D eigenvalue weighted by molar-refractivity contribution is 0.0946. The van der Waals surface area contributed by atoms with Crippen LogP contribution in [0.4, 0.5) is 0 Å². The second kappa shape index (κ2) is 3.20. The topological polar surface area (TPSA) is 29.1 Å². The highest BCUT2D eigenvalue weighted by molar-refractivity contribution is 6.37. The molecule has 0 aromatic heterocycles. The number of benzene rings is 1. The zero-order valence-corrected chi connectivity index (χ0v) is 8.24. The van der Waals surface area contributed by atoms with Gasteiger partial charge in [-0.25, -0.2) is 0 Å². The monoisotopic (exact) mass is 215 g/mol. The van der Waals surface area contributed by atoms with Crippen LogP contribution in [-0.4, -0.2) is 12.5 Å². The Kier molecular flexibility index (Phi) is 2.18. The first-order valence-corrected chi connectivity index (χ1v) is 4.70. The zero-order chi connectivity index (χ0) is 9.42. The Labute approximate surface area is 85.8 Å². The number of halogens is 2. The van der Waals surface area contributed by atoms with E-state index in [-0.39, 0.29) is 5.91 Å². The van der Waals surface area contributed by atoms with E-state index in [1.54, 1.807) is 12.1 Å². The molecule has 1 heterocycles. The fourth-order valence-electron chi connectivity index (χ4n) is 1.48. The van der Waals surface area contributed by atoms with Gasteiger partial charge in [0.1, 0.15) is 0 Å². The molecule has 1 aromatic carbocycles. The minimum atomic E-state index is -0.108. The molecule has 1 amide bonds. The Hall–Kier alpha value is -0.730. The van der Waals surface area contributed by atoms with E-state index in [4.69, 9.17) is 23.2 Å². The standard InChI is InChI=1S/C9H7Cl2NO/c10-6-3-5-1-2-12-9(13)8(5)7(11)4-6/h3-4H,1-2H2,(H,12,13). The average Bonchev–Trinajstić information content (AvgIpc) is 2.02. The van der Waals surface area contributed by atoms with Crippen molar-refractivity contribution in [2.45, 2.75) is 6.42 Å². The molecule has 1 aliphatic heterocycles. The zero-order valence-electron chi connectivity index (χ0n) is 6.73. The van der Waals surface area contributed by atoms with Crippen molar-refractivity contribution in [3.8, 4) is 0 Å². The van der Waals surface area contributed by atoms with Crippen LogP contribution in [0.1, 0.15) is 15.9 Å². The molecule has 1 N–H and O–H groups in total. The molecule has 68 valence electrons. The summed E-state index contributed by atoms with van der Waals surface area (Å²) in [5.74, 6) is -0.108. The Morgan fingerprint density at radius 1 is 1.31 bits per heavy atom. The molecule has 2 nitrogen and oxygen atoms in total. The molecule has 0 atom stereocenters. The van der Waals surface area contributed by atoms with E-state index in [9.17, 15) is 4.79 Å². The van der Waals surface area contributed by atoms with Crippen LogP contribution in [0, 0.1) is 0 Å². The SMILES string of the molecule is O=C1NCCc2cc(Cl)cc(Cl)c21. The Balaban J connectivity index is 2.63. The molecule has 0 radical (unpaired) electrons. The Bertz CT molecular complexity index is 376. The lowest BCUT2D eigenvalue weighted by Gasteiger charge is -2.17. The highest BCUT2D eigenvalue weighted by Gasteiger charge is 2.19. The van der Waals surface area contributed by atoms with E-state index in [1.807, 2.05) is 0 Å². The largest absolute Gasteiger partial charge is 0.352 e. The minimum Gasteiger partial charge on any atom is -0.352 e. The van der Waals surface area contributed by atoms with Gasteiger partial charge in [-0.2, -0.15) is 0 Å². The van der Waals surface area contributed by atoms with E-state index in [0.717, 1.165) is 12.0 Å². The number of hydrogen-bond donors (Lipinski definition) is 1. The average molecular weight is 216 g/mol. The first kappa shape index (κ1) is 8.85. The molecule has 0 unspecified atom stereocenters. The van der Waals surface area contributed by atoms with Gasteiger partial charge in [-0.05, 0) is 24.1 Å². The first-order chi connectivity index (χ1) is 6.18. The summed E-state index contributed by atoms with van der Waals surface area (Å²) in [6, 6.07) is 3.38. The van der Waals surface area contributed by atoms with Crippen LogP contribution in [-0.2, 0) is 6.42 Å². The van der Waals surface area contributed by atoms with Gasteiger partial charge in [0.2, 0.25) is 0 Å². The van der Waals surface area contributed by atoms with E-state index in [2.05, 4.69) is 5.32 Å². The van der Waals surface area contributed by atoms with Crippen LogP contribution < -0.4 is 5.32 Å². The maximum Gasteiger partial charge on any atom is 0.253 e. The van der Waals surface area contributed by atoms with Crippen molar-refractivity contribution in [1.82, 2.24) is 5.32 Å². The normalized spacial score (nSPS) is 15.1. The van der Waals surface area contributed by atoms with Crippen LogP contribution in [0.5, 0.6) is 0 Å². The van der Waals surface area contributed by atoms with Crippen molar-refractivity contribution in [1.29, 1.82) is 0 Å². The summed E-state index contributed by atoms with van der Waals surface area (Å²) in [6.07, 6.45) is 0.793. The quantitative estimate of drug-likeness (QED) is 0.708. The molecule has 4 heteroatoms. The molecule has 0 saturated carbocycles. The number of nitrogens with one attached hydrogen (secondary N) is 1. The number of carbonyl (C=O) groups is 1. The van der Waals surface area contributed by atoms with Gasteiger partial charge in [0.05, 0.1) is 10.6 Å². The molecule has 0 spiro atoms. The van der Waals surface area contributed by atoms with Crippen LogP contribution in [0.2, 0.25) is 10.0 Å². The van der Waals surface area contributed by atoms with Crippen LogP contribution in [0.3, 0.4) is 0 Å². The van der Waals surface area contributed by atoms with Crippen molar-refractivity contribution >= 4 is 29.1 Å². The number of carbonyl (C=O) groups excluding carboxylic acids is 1. The van der Waals surface area contributed by atoms with E-state index < -0.39 is 0 Å². The fourth-order valence-corrected chi connectivity index (χ4v) is 2.10. The highest BCUT2D eigenvalue weighted by atomic mass is 35.5. The molecular formula is C9H7Cl2NO. The van der Waals surface area contributed by atoms with Crippen molar-refractivity contribution in [3.63, 3.8) is 0 Å². The molecule has 0 bridgehead atoms. The van der Waals surface area contributed by atoms with Gasteiger partial charge in [-0.15, -0.1) is 0 Å². The summed E-state index contributed by atoms with van der Waals surface area (Å²) in [7, 11) is 0. The number of amides is 1. The summed E-state index contributed by atoms with van der Waals surface area (Å²) in [5.41, 5.74) is 1.50. The van der Waals surface area contributed by atoms with Crippen molar-refractivity contribution in [2.75, 3.05) is 6.54 Å². The maximum absolute atomic E-state index is 11.4. The van der Waals surface area contributed by atoms with E-state index >= 15 is 0 Å². The van der Waals surface area contributed by atoms with Gasteiger partial charge >= 0.3 is 0 Å². The number of hydrogen-bond acceptors (Lipinski definition) is 1. The second-order valence-corrected chi connectivity index (χ2v) is 3.77. The van der Waals surface area contributed by atoms with Gasteiger partial charge in [-0.3, -0.25) is 4.79 Å². The van der Waals surface area contributed by atoms with Gasteiger partial charge in [0.15, 0.2) is 0 Å². The van der Waals surface area contributed by atoms with Crippen LogP contribution >= 0.6 is 23.2 Å². The predicted molar refractivity (Wildman–Crippen MR) is 52.5 cm³/mol. The molecule has 0 fully saturated rings. The molecular weight excluding hydrogens is 209 g/mol. The van der Waals surface area contributed by atoms with Gasteiger partial charge in [0.25, 0.3) is 5.91 Å². The molecule has 1 aromatic rings. The van der Waals surface area contributed by atoms with Crippen LogP contribution in [0.25, 0.3) is 0 Å². The lowest BCUT2D eigenvalue weighted by atomic mass is 10.0. The molecule has 2 rings (SSSR count). The summed E-state index contributed by atoms with van der Waals surface area (Å²) < 4.78 is 0. The van der Waals surface area contributed by atoms with E-state index in [1.165, 1.54) is 0 Å². The van der Waals surface area contributed by atoms with Crippen molar-refractivity contribution in [3.05, 3.63) is 33.3 Å². The molecule has 0 saturated heterocycles. The molecule has 13 heavy (non-hydrogen) atoms. The Morgan fingerprint density at radius 2 is 2.08 bits per heavy atom. The number of fused-ring (bicyclic) bond motifs is 1. The predicted octanol–water partition coefficient (Wildman–Crippen LogP) is 2.28. The van der Waals surface area contributed by atoms with E-state index in [0.29, 0.717) is 22.2 Å². The van der Waals surface area contributed by atoms with Crippen LogP contribution in [0.15, 0.2) is 12.1 Å². The third-order valence-corrected chi connectivity index (χ3v) is 2.56. The van der Waals surface area contributed by atoms with Gasteiger partial charge in [0, 0.05) is 11.6 Å². The Morgan fingerprint density at radius 3 is 2.85 bits per heavy atom. The maximum atomic E-state index is 11.4. The summed E-state index contributed by atoms with van der Waals surface area (Å²) in [4.78, 5) is 11.4. The van der Waals surface area contributed by atoms with Crippen molar-refractivity contribution < 1.29 is 4.79 Å². The fraction of sp³-hybridized carbons (Fsp3) is 0.222. The summed E-state index contributed by atoms with van der Waals surface area (Å²) in [5, 5.41) is 3.74. The third-order valence-electron chi connectivity index (χ3n) is 2.04. The lowest BCUT2D eigenvalue weighted by Crippen LogP contribution is -2.32. The number of rotatable bonds is 0. The van der Waals surface area contributed by atoms with Crippen molar-refractivity contribution in [2.24, 2.45) is 0 Å². The van der Waals surface area contributed by atoms with Gasteiger partial charge < -0.3 is 5.32 Å². The molecule has 0 aliphatic carbocycles. The smallest absolute Gasteiger partial charge is 0.253 e. The summed E-state index contributed by atoms with van der Waals surface area (Å²) >= 11 is 11.7. The first-order valence-electron chi connectivity index (χ1n) is 3.94. The minimum absolute atomic E-state index is 0.108. The molecule has 1 aliphatic rings. The second-order valence-electron chi connectivity index (χ2n) is 2.93.